The average Bonchev–Trinajstić information content (AvgIpc) is 2.34. The molecule has 0 spiro atoms. The van der Waals surface area contributed by atoms with Gasteiger partial charge in [-0.05, 0) is 26.2 Å². The van der Waals surface area contributed by atoms with Gasteiger partial charge in [0.1, 0.15) is 5.84 Å². The Balaban J connectivity index is 2.40. The van der Waals surface area contributed by atoms with Crippen molar-refractivity contribution in [2.45, 2.75) is 0 Å². The first-order valence-corrected chi connectivity index (χ1v) is 3.19. The molecule has 0 aliphatic carbocycles. The van der Waals surface area contributed by atoms with E-state index in [0.29, 0.717) is 6.67 Å². The summed E-state index contributed by atoms with van der Waals surface area (Å²) in [6.07, 6.45) is 5.52. The van der Waals surface area contributed by atoms with Crippen molar-refractivity contribution in [2.24, 2.45) is 9.98 Å². The van der Waals surface area contributed by atoms with Crippen molar-refractivity contribution >= 4 is 12.1 Å². The summed E-state index contributed by atoms with van der Waals surface area (Å²) in [7, 11) is 3.96. The number of hydrogen-bond donors (Lipinski definition) is 0. The van der Waals surface area contributed by atoms with Gasteiger partial charge in [0.05, 0.1) is 6.67 Å². The highest BCUT2D eigenvalue weighted by molar-refractivity contribution is 6.06. The van der Waals surface area contributed by atoms with Crippen LogP contribution in [0.15, 0.2) is 22.1 Å². The Morgan fingerprint density at radius 3 is 2.90 bits per heavy atom. The van der Waals surface area contributed by atoms with Crippen LogP contribution in [-0.4, -0.2) is 37.7 Å². The fourth-order valence-corrected chi connectivity index (χ4v) is 0.599. The second-order valence-corrected chi connectivity index (χ2v) is 2.37. The summed E-state index contributed by atoms with van der Waals surface area (Å²) in [6.45, 7) is 0.705. The molecule has 0 N–H and O–H groups in total. The number of nitrogens with zero attached hydrogens (tertiary/aromatic N) is 3. The third kappa shape index (κ3) is 2.11. The minimum Gasteiger partial charge on any atom is -0.291 e. The molecule has 0 amide bonds. The first kappa shape index (κ1) is 7.15. The molecule has 0 fully saturated rings. The fraction of sp³-hybridized carbons (Fsp3) is 0.429. The lowest BCUT2D eigenvalue weighted by Crippen LogP contribution is -2.11. The lowest BCUT2D eigenvalue weighted by atomic mass is 10.5. The van der Waals surface area contributed by atoms with E-state index in [1.165, 1.54) is 0 Å². The molecular formula is C7H11N3. The van der Waals surface area contributed by atoms with Gasteiger partial charge >= 0.3 is 0 Å². The predicted octanol–water partition coefficient (Wildman–Crippen LogP) is 0.545. The topological polar surface area (TPSA) is 28.0 Å². The molecule has 0 aromatic heterocycles. The minimum absolute atomic E-state index is 0.705. The zero-order valence-corrected chi connectivity index (χ0v) is 6.28. The van der Waals surface area contributed by atoms with Gasteiger partial charge in [0.15, 0.2) is 0 Å². The number of aliphatic imine (C=N–C) groups is 2. The average molecular weight is 137 g/mol. The third-order valence-electron chi connectivity index (χ3n) is 1.05. The van der Waals surface area contributed by atoms with Gasteiger partial charge in [0.2, 0.25) is 0 Å². The lowest BCUT2D eigenvalue weighted by Gasteiger charge is -2.03. The summed E-state index contributed by atoms with van der Waals surface area (Å²) in [5.74, 6) is 0.814. The minimum atomic E-state index is 0.705. The largest absolute Gasteiger partial charge is 0.291 e. The van der Waals surface area contributed by atoms with Crippen LogP contribution in [0.1, 0.15) is 0 Å². The Morgan fingerprint density at radius 1 is 1.60 bits per heavy atom. The Kier molecular flexibility index (Phi) is 2.34. The molecule has 0 atom stereocenters. The highest BCUT2D eigenvalue weighted by Gasteiger charge is 1.92. The predicted molar refractivity (Wildman–Crippen MR) is 43.6 cm³/mol. The molecule has 0 bridgehead atoms. The van der Waals surface area contributed by atoms with E-state index >= 15 is 0 Å². The summed E-state index contributed by atoms with van der Waals surface area (Å²) in [5.41, 5.74) is 0. The maximum atomic E-state index is 4.18. The molecule has 0 saturated heterocycles. The van der Waals surface area contributed by atoms with Crippen LogP contribution in [0.2, 0.25) is 0 Å². The van der Waals surface area contributed by atoms with Gasteiger partial charge in [-0.2, -0.15) is 0 Å². The Morgan fingerprint density at radius 2 is 2.40 bits per heavy atom. The Hall–Kier alpha value is -0.960. The molecule has 54 valence electrons. The first-order chi connectivity index (χ1) is 4.79. The number of hydrogen-bond acceptors (Lipinski definition) is 2. The quantitative estimate of drug-likeness (QED) is 0.546. The van der Waals surface area contributed by atoms with Crippen LogP contribution in [0.25, 0.3) is 0 Å². The van der Waals surface area contributed by atoms with Crippen molar-refractivity contribution < 1.29 is 0 Å². The van der Waals surface area contributed by atoms with E-state index in [-0.39, 0.29) is 0 Å². The lowest BCUT2D eigenvalue weighted by molar-refractivity contribution is 0.424. The maximum Gasteiger partial charge on any atom is 0.148 e. The number of rotatable bonds is 2. The molecule has 10 heavy (non-hydrogen) atoms. The molecule has 1 heterocycles. The van der Waals surface area contributed by atoms with Crippen molar-refractivity contribution in [3.05, 3.63) is 12.2 Å². The Bertz CT molecular complexity index is 175. The molecule has 1 aliphatic heterocycles. The van der Waals surface area contributed by atoms with Gasteiger partial charge in [0, 0.05) is 6.21 Å². The van der Waals surface area contributed by atoms with Crippen molar-refractivity contribution in [3.63, 3.8) is 0 Å². The van der Waals surface area contributed by atoms with Crippen LogP contribution in [0.3, 0.4) is 0 Å². The standard InChI is InChI=1S/C7H11N3/c1-10(2)6-9-7-4-3-5-8-7/h3-5H,6H2,1-2H3. The van der Waals surface area contributed by atoms with Crippen LogP contribution in [0, 0.1) is 0 Å². The molecule has 1 rings (SSSR count). The molecule has 1 aliphatic rings. The summed E-state index contributed by atoms with van der Waals surface area (Å²) < 4.78 is 0. The van der Waals surface area contributed by atoms with E-state index in [9.17, 15) is 0 Å². The zero-order chi connectivity index (χ0) is 7.40. The monoisotopic (exact) mass is 137 g/mol. The van der Waals surface area contributed by atoms with Gasteiger partial charge in [0.25, 0.3) is 0 Å². The highest BCUT2D eigenvalue weighted by Crippen LogP contribution is 1.91. The van der Waals surface area contributed by atoms with Crippen LogP contribution in [0.5, 0.6) is 0 Å². The van der Waals surface area contributed by atoms with Gasteiger partial charge in [-0.3, -0.25) is 9.89 Å². The molecule has 3 nitrogen and oxygen atoms in total. The van der Waals surface area contributed by atoms with Crippen LogP contribution in [0.4, 0.5) is 0 Å². The van der Waals surface area contributed by atoms with E-state index in [1.54, 1.807) is 6.21 Å². The smallest absolute Gasteiger partial charge is 0.148 e. The number of amidine groups is 1. The van der Waals surface area contributed by atoms with E-state index in [1.807, 2.05) is 31.1 Å². The molecule has 3 heteroatoms. The van der Waals surface area contributed by atoms with Gasteiger partial charge in [-0.15, -0.1) is 0 Å². The van der Waals surface area contributed by atoms with E-state index in [2.05, 4.69) is 9.98 Å². The van der Waals surface area contributed by atoms with Crippen molar-refractivity contribution in [1.29, 1.82) is 0 Å². The van der Waals surface area contributed by atoms with Crippen LogP contribution < -0.4 is 0 Å². The van der Waals surface area contributed by atoms with Crippen molar-refractivity contribution in [2.75, 3.05) is 20.8 Å². The van der Waals surface area contributed by atoms with E-state index in [0.717, 1.165) is 5.84 Å². The summed E-state index contributed by atoms with van der Waals surface area (Å²) in [6, 6.07) is 0. The third-order valence-corrected chi connectivity index (χ3v) is 1.05. The van der Waals surface area contributed by atoms with Gasteiger partial charge in [-0.1, -0.05) is 0 Å². The van der Waals surface area contributed by atoms with Gasteiger partial charge in [-0.25, -0.2) is 4.99 Å². The number of allylic oxidation sites excluding steroid dienone is 1. The van der Waals surface area contributed by atoms with E-state index < -0.39 is 0 Å². The molecular weight excluding hydrogens is 126 g/mol. The van der Waals surface area contributed by atoms with Crippen LogP contribution in [-0.2, 0) is 0 Å². The second kappa shape index (κ2) is 3.27. The molecule has 0 aromatic rings. The first-order valence-electron chi connectivity index (χ1n) is 3.19. The normalized spacial score (nSPS) is 19.7. The summed E-state index contributed by atoms with van der Waals surface area (Å²) in [4.78, 5) is 10.2. The molecule has 0 radical (unpaired) electrons. The molecule has 0 saturated carbocycles. The van der Waals surface area contributed by atoms with Gasteiger partial charge < -0.3 is 0 Å². The van der Waals surface area contributed by atoms with Crippen LogP contribution >= 0.6 is 0 Å². The SMILES string of the molecule is CN(C)CN=C1C=CC=N1. The molecule has 0 unspecified atom stereocenters. The van der Waals surface area contributed by atoms with Crippen molar-refractivity contribution in [3.8, 4) is 0 Å². The van der Waals surface area contributed by atoms with Crippen molar-refractivity contribution in [1.82, 2.24) is 4.90 Å². The zero-order valence-electron chi connectivity index (χ0n) is 6.28. The maximum absolute atomic E-state index is 4.18. The summed E-state index contributed by atoms with van der Waals surface area (Å²) >= 11 is 0. The fourth-order valence-electron chi connectivity index (χ4n) is 0.599. The Labute approximate surface area is 60.8 Å². The highest BCUT2D eigenvalue weighted by atomic mass is 15.2. The second-order valence-electron chi connectivity index (χ2n) is 2.37. The summed E-state index contributed by atoms with van der Waals surface area (Å²) in [5, 5.41) is 0. The molecule has 0 aromatic carbocycles. The van der Waals surface area contributed by atoms with E-state index in [4.69, 9.17) is 0 Å².